The van der Waals surface area contributed by atoms with Gasteiger partial charge in [0.25, 0.3) is 0 Å². The van der Waals surface area contributed by atoms with E-state index in [-0.39, 0.29) is 5.56 Å². The van der Waals surface area contributed by atoms with Gasteiger partial charge >= 0.3 is 11.9 Å². The second-order valence-corrected chi connectivity index (χ2v) is 7.93. The molecule has 0 saturated carbocycles. The number of benzene rings is 2. The van der Waals surface area contributed by atoms with Crippen LogP contribution in [0.25, 0.3) is 10.8 Å². The van der Waals surface area contributed by atoms with Crippen LogP contribution >= 0.6 is 0 Å². The molecule has 0 aliphatic heterocycles. The van der Waals surface area contributed by atoms with Crippen molar-refractivity contribution in [3.8, 4) is 0 Å². The van der Waals surface area contributed by atoms with Crippen molar-refractivity contribution >= 4 is 22.7 Å². The number of hydrogen-bond donors (Lipinski definition) is 3. The van der Waals surface area contributed by atoms with E-state index in [1.54, 1.807) is 6.07 Å². The fourth-order valence-corrected chi connectivity index (χ4v) is 4.20. The lowest BCUT2D eigenvalue weighted by atomic mass is 9.90. The summed E-state index contributed by atoms with van der Waals surface area (Å²) in [5, 5.41) is 22.0. The molecule has 1 aliphatic rings. The van der Waals surface area contributed by atoms with Gasteiger partial charge in [0, 0.05) is 37.0 Å². The molecule has 0 saturated heterocycles. The molecular weight excluding hydrogens is 420 g/mol. The van der Waals surface area contributed by atoms with Gasteiger partial charge in [-0.3, -0.25) is 4.79 Å². The van der Waals surface area contributed by atoms with Gasteiger partial charge in [0.15, 0.2) is 0 Å². The van der Waals surface area contributed by atoms with Crippen molar-refractivity contribution in [2.45, 2.75) is 31.7 Å². The van der Waals surface area contributed by atoms with E-state index in [4.69, 9.17) is 10.2 Å². The van der Waals surface area contributed by atoms with E-state index in [9.17, 15) is 14.4 Å². The molecule has 3 aromatic rings. The molecule has 1 atom stereocenters. The molecule has 0 fully saturated rings. The summed E-state index contributed by atoms with van der Waals surface area (Å²) >= 11 is 0. The zero-order valence-electron chi connectivity index (χ0n) is 18.5. The highest BCUT2D eigenvalue weighted by atomic mass is 16.4. The number of carboxylic acids is 2. The molecule has 1 unspecified atom stereocenters. The van der Waals surface area contributed by atoms with Crippen LogP contribution in [0.3, 0.4) is 0 Å². The third-order valence-electron chi connectivity index (χ3n) is 5.79. The second-order valence-electron chi connectivity index (χ2n) is 7.93. The minimum absolute atomic E-state index is 0.0927. The smallest absolute Gasteiger partial charge is 0.328 e. The number of fused-ring (bicyclic) bond motifs is 2. The Morgan fingerprint density at radius 2 is 1.73 bits per heavy atom. The molecule has 0 bridgehead atoms. The third-order valence-corrected chi connectivity index (χ3v) is 5.79. The van der Waals surface area contributed by atoms with Crippen LogP contribution in [0.15, 0.2) is 71.5 Å². The number of nitrogens with one attached hydrogen (secondary N) is 1. The number of aliphatic carboxylic acids is 2. The maximum Gasteiger partial charge on any atom is 0.328 e. The Hall–Kier alpha value is -3.71. The van der Waals surface area contributed by atoms with Gasteiger partial charge in [-0.15, -0.1) is 0 Å². The van der Waals surface area contributed by atoms with Gasteiger partial charge in [-0.1, -0.05) is 48.5 Å². The summed E-state index contributed by atoms with van der Waals surface area (Å²) in [5.41, 5.74) is 3.98. The Morgan fingerprint density at radius 1 is 1.03 bits per heavy atom. The van der Waals surface area contributed by atoms with Crippen molar-refractivity contribution < 1.29 is 19.8 Å². The summed E-state index contributed by atoms with van der Waals surface area (Å²) in [5.74, 6) is -2.51. The van der Waals surface area contributed by atoms with Crippen LogP contribution in [0.5, 0.6) is 0 Å². The Kier molecular flexibility index (Phi) is 8.16. The summed E-state index contributed by atoms with van der Waals surface area (Å²) in [6.07, 6.45) is 5.41. The van der Waals surface area contributed by atoms with Crippen LogP contribution in [0.1, 0.15) is 35.7 Å². The van der Waals surface area contributed by atoms with Gasteiger partial charge < -0.3 is 20.1 Å². The molecular formula is C26H28N2O5. The normalized spacial score (nSPS) is 15.0. The average molecular weight is 449 g/mol. The van der Waals surface area contributed by atoms with E-state index < -0.39 is 11.9 Å². The minimum atomic E-state index is -1.26. The number of hydrogen-bond acceptors (Lipinski definition) is 4. The second kappa shape index (κ2) is 11.2. The topological polar surface area (TPSA) is 109 Å². The molecule has 0 spiro atoms. The number of pyridine rings is 1. The van der Waals surface area contributed by atoms with Crippen LogP contribution in [-0.2, 0) is 29.5 Å². The molecule has 3 N–H and O–H groups in total. The molecule has 33 heavy (non-hydrogen) atoms. The fourth-order valence-electron chi connectivity index (χ4n) is 4.20. The van der Waals surface area contributed by atoms with Gasteiger partial charge in [0.05, 0.1) is 0 Å². The third kappa shape index (κ3) is 6.40. The Balaban J connectivity index is 0.000000331. The van der Waals surface area contributed by atoms with Gasteiger partial charge in [-0.05, 0) is 54.1 Å². The molecule has 1 aliphatic carbocycles. The van der Waals surface area contributed by atoms with E-state index in [2.05, 4.69) is 47.8 Å². The quantitative estimate of drug-likeness (QED) is 0.499. The highest BCUT2D eigenvalue weighted by Crippen LogP contribution is 2.28. The maximum absolute atomic E-state index is 11.9. The summed E-state index contributed by atoms with van der Waals surface area (Å²) in [4.78, 5) is 31.0. The van der Waals surface area contributed by atoms with Crippen LogP contribution in [-0.4, -0.2) is 33.3 Å². The standard InChI is InChI=1S/C22H24N2O.C4H4O4/c1-24-21-11-5-10-20(19(21)12-13-22(24)25)23-15-14-17-8-4-7-16-6-2-3-9-18(16)17;5-3(6)1-2-4(7)8/h2-4,6-9,12-13,20,23H,5,10-11,14-15H2,1H3;1-2H,(H,5,6)(H,7,8). The van der Waals surface area contributed by atoms with Gasteiger partial charge in [-0.2, -0.15) is 0 Å². The van der Waals surface area contributed by atoms with E-state index in [1.165, 1.54) is 27.6 Å². The van der Waals surface area contributed by atoms with Crippen molar-refractivity contribution in [3.63, 3.8) is 0 Å². The molecule has 7 heteroatoms. The predicted molar refractivity (Wildman–Crippen MR) is 127 cm³/mol. The Labute approximate surface area is 192 Å². The summed E-state index contributed by atoms with van der Waals surface area (Å²) in [6, 6.07) is 19.2. The lowest BCUT2D eigenvalue weighted by Gasteiger charge is -2.28. The SMILES string of the molecule is Cn1c2c(ccc1=O)C(NCCc1cccc3ccccc13)CCC2.O=C(O)C=CC(=O)O. The van der Waals surface area contributed by atoms with E-state index in [0.29, 0.717) is 18.2 Å². The molecule has 172 valence electrons. The first-order valence-electron chi connectivity index (χ1n) is 10.9. The minimum Gasteiger partial charge on any atom is -0.478 e. The van der Waals surface area contributed by atoms with Gasteiger partial charge in [-0.25, -0.2) is 9.59 Å². The number of rotatable bonds is 6. The summed E-state index contributed by atoms with van der Waals surface area (Å²) in [6.45, 7) is 0.945. The van der Waals surface area contributed by atoms with Crippen LogP contribution in [0, 0.1) is 0 Å². The lowest BCUT2D eigenvalue weighted by Crippen LogP contribution is -2.31. The van der Waals surface area contributed by atoms with E-state index in [0.717, 1.165) is 32.2 Å². The first kappa shape index (κ1) is 23.9. The molecule has 4 rings (SSSR count). The molecule has 1 heterocycles. The van der Waals surface area contributed by atoms with Crippen LogP contribution < -0.4 is 10.9 Å². The summed E-state index contributed by atoms with van der Waals surface area (Å²) < 4.78 is 1.81. The molecule has 0 amide bonds. The summed E-state index contributed by atoms with van der Waals surface area (Å²) in [7, 11) is 1.89. The highest BCUT2D eigenvalue weighted by Gasteiger charge is 2.21. The Morgan fingerprint density at radius 3 is 2.45 bits per heavy atom. The predicted octanol–water partition coefficient (Wildman–Crippen LogP) is 3.46. The number of nitrogens with zero attached hydrogens (tertiary/aromatic N) is 1. The van der Waals surface area contributed by atoms with Crippen molar-refractivity contribution in [1.82, 2.24) is 9.88 Å². The van der Waals surface area contributed by atoms with Crippen LogP contribution in [0.2, 0.25) is 0 Å². The van der Waals surface area contributed by atoms with Crippen LogP contribution in [0.4, 0.5) is 0 Å². The molecule has 1 aromatic heterocycles. The zero-order chi connectivity index (χ0) is 23.8. The number of carbonyl (C=O) groups is 2. The maximum atomic E-state index is 11.9. The first-order chi connectivity index (χ1) is 15.9. The van der Waals surface area contributed by atoms with Gasteiger partial charge in [0.1, 0.15) is 0 Å². The number of carboxylic acid groups (broad SMARTS) is 2. The van der Waals surface area contributed by atoms with Crippen molar-refractivity contribution in [3.05, 3.63) is 93.9 Å². The molecule has 7 nitrogen and oxygen atoms in total. The van der Waals surface area contributed by atoms with Crippen molar-refractivity contribution in [2.24, 2.45) is 7.05 Å². The zero-order valence-corrected chi connectivity index (χ0v) is 18.5. The number of aromatic nitrogens is 1. The Bertz CT molecular complexity index is 1210. The highest BCUT2D eigenvalue weighted by molar-refractivity contribution is 5.89. The van der Waals surface area contributed by atoms with E-state index in [1.807, 2.05) is 17.7 Å². The van der Waals surface area contributed by atoms with Gasteiger partial charge in [0.2, 0.25) is 5.56 Å². The molecule has 2 aromatic carbocycles. The van der Waals surface area contributed by atoms with E-state index >= 15 is 0 Å². The monoisotopic (exact) mass is 448 g/mol. The fraction of sp³-hybridized carbons (Fsp3) is 0.269. The molecule has 0 radical (unpaired) electrons. The van der Waals surface area contributed by atoms with Crippen molar-refractivity contribution in [1.29, 1.82) is 0 Å². The first-order valence-corrected chi connectivity index (χ1v) is 10.9. The largest absolute Gasteiger partial charge is 0.478 e. The van der Waals surface area contributed by atoms with Crippen molar-refractivity contribution in [2.75, 3.05) is 6.54 Å². The lowest BCUT2D eigenvalue weighted by molar-refractivity contribution is -0.134. The average Bonchev–Trinajstić information content (AvgIpc) is 2.81.